The van der Waals surface area contributed by atoms with Crippen LogP contribution in [0.1, 0.15) is 22.3 Å². The van der Waals surface area contributed by atoms with Gasteiger partial charge in [0.1, 0.15) is 0 Å². The molecule has 6 heteroatoms. The second-order valence-electron chi connectivity index (χ2n) is 5.91. The molecule has 0 spiro atoms. The Hall–Kier alpha value is -1.47. The van der Waals surface area contributed by atoms with E-state index in [2.05, 4.69) is 15.2 Å². The van der Waals surface area contributed by atoms with Gasteiger partial charge in [0.25, 0.3) is 5.91 Å². The number of amides is 1. The Labute approximate surface area is 125 Å². The molecule has 2 unspecified atom stereocenters. The number of aliphatic hydroxyl groups is 1. The van der Waals surface area contributed by atoms with E-state index >= 15 is 0 Å². The van der Waals surface area contributed by atoms with Crippen LogP contribution in [-0.2, 0) is 6.54 Å². The lowest BCUT2D eigenvalue weighted by Crippen LogP contribution is -2.37. The molecular weight excluding hydrogens is 268 g/mol. The lowest BCUT2D eigenvalue weighted by molar-refractivity contribution is 0.0953. The Bertz CT molecular complexity index is 492. The van der Waals surface area contributed by atoms with Crippen molar-refractivity contribution in [2.75, 3.05) is 27.2 Å². The Morgan fingerprint density at radius 1 is 1.52 bits per heavy atom. The summed E-state index contributed by atoms with van der Waals surface area (Å²) in [5.74, 6) is 4.88. The minimum Gasteiger partial charge on any atom is -0.392 e. The number of carbonyl (C=O) groups is 1. The van der Waals surface area contributed by atoms with Gasteiger partial charge in [-0.3, -0.25) is 15.1 Å². The number of rotatable bonds is 5. The van der Waals surface area contributed by atoms with Crippen LogP contribution in [0.5, 0.6) is 0 Å². The largest absolute Gasteiger partial charge is 0.392 e. The molecule has 1 aliphatic heterocycles. The first kappa shape index (κ1) is 15.9. The molecule has 1 saturated heterocycles. The van der Waals surface area contributed by atoms with Gasteiger partial charge in [-0.25, -0.2) is 5.84 Å². The molecule has 116 valence electrons. The monoisotopic (exact) mass is 292 g/mol. The fourth-order valence-corrected chi connectivity index (χ4v) is 2.89. The van der Waals surface area contributed by atoms with Crippen LogP contribution in [0.15, 0.2) is 24.3 Å². The molecule has 1 aromatic rings. The number of nitrogens with two attached hydrogens (primary N) is 1. The Morgan fingerprint density at radius 2 is 2.29 bits per heavy atom. The third-order valence-corrected chi connectivity index (χ3v) is 3.79. The molecule has 0 aliphatic carbocycles. The van der Waals surface area contributed by atoms with E-state index in [0.29, 0.717) is 18.2 Å². The first-order chi connectivity index (χ1) is 9.99. The van der Waals surface area contributed by atoms with Crippen LogP contribution < -0.4 is 11.3 Å². The van der Waals surface area contributed by atoms with Gasteiger partial charge in [0.05, 0.1) is 6.10 Å². The summed E-state index contributed by atoms with van der Waals surface area (Å²) in [6.45, 7) is 2.31. The molecule has 1 amide bonds. The Morgan fingerprint density at radius 3 is 2.95 bits per heavy atom. The number of carbonyl (C=O) groups excluding carboxylic acids is 1. The van der Waals surface area contributed by atoms with Gasteiger partial charge in [0, 0.05) is 31.2 Å². The summed E-state index contributed by atoms with van der Waals surface area (Å²) in [5.41, 5.74) is 3.75. The second kappa shape index (κ2) is 7.00. The topological polar surface area (TPSA) is 81.8 Å². The zero-order valence-corrected chi connectivity index (χ0v) is 12.6. The first-order valence-corrected chi connectivity index (χ1v) is 7.16. The van der Waals surface area contributed by atoms with Gasteiger partial charge >= 0.3 is 0 Å². The number of likely N-dealkylation sites (tertiary alicyclic amines) is 1. The van der Waals surface area contributed by atoms with Gasteiger partial charge < -0.3 is 10.0 Å². The van der Waals surface area contributed by atoms with Crippen molar-refractivity contribution >= 4 is 5.91 Å². The molecule has 1 fully saturated rings. The van der Waals surface area contributed by atoms with Crippen LogP contribution in [-0.4, -0.2) is 60.1 Å². The van der Waals surface area contributed by atoms with Crippen LogP contribution in [0, 0.1) is 0 Å². The van der Waals surface area contributed by atoms with Crippen LogP contribution in [0.25, 0.3) is 0 Å². The molecule has 4 N–H and O–H groups in total. The smallest absolute Gasteiger partial charge is 0.265 e. The molecule has 0 saturated carbocycles. The van der Waals surface area contributed by atoms with Crippen molar-refractivity contribution in [3.8, 4) is 0 Å². The number of β-amino-alcohol motifs (C(OH)–C–C–N with tert-alkyl or cyclic N) is 1. The number of nitrogens with zero attached hydrogens (tertiary/aromatic N) is 2. The van der Waals surface area contributed by atoms with Gasteiger partial charge in [-0.05, 0) is 38.2 Å². The van der Waals surface area contributed by atoms with Crippen LogP contribution in [0.4, 0.5) is 0 Å². The fourth-order valence-electron chi connectivity index (χ4n) is 2.89. The van der Waals surface area contributed by atoms with Gasteiger partial charge in [-0.2, -0.15) is 0 Å². The molecule has 6 nitrogen and oxygen atoms in total. The van der Waals surface area contributed by atoms with Gasteiger partial charge in [0.15, 0.2) is 0 Å². The highest BCUT2D eigenvalue weighted by Crippen LogP contribution is 2.21. The molecule has 21 heavy (non-hydrogen) atoms. The van der Waals surface area contributed by atoms with E-state index in [1.807, 2.05) is 32.3 Å². The van der Waals surface area contributed by atoms with Crippen molar-refractivity contribution in [2.45, 2.75) is 25.1 Å². The molecule has 0 aromatic heterocycles. The third kappa shape index (κ3) is 4.25. The highest BCUT2D eigenvalue weighted by atomic mass is 16.3. The number of hydrogen-bond donors (Lipinski definition) is 3. The highest BCUT2D eigenvalue weighted by molar-refractivity contribution is 5.93. The highest BCUT2D eigenvalue weighted by Gasteiger charge is 2.31. The molecule has 0 bridgehead atoms. The molecule has 2 rings (SSSR count). The Kier molecular flexibility index (Phi) is 5.30. The van der Waals surface area contributed by atoms with E-state index in [-0.39, 0.29) is 12.0 Å². The van der Waals surface area contributed by atoms with Gasteiger partial charge in [-0.1, -0.05) is 12.1 Å². The Balaban J connectivity index is 2.07. The number of nitrogens with one attached hydrogen (secondary N) is 1. The summed E-state index contributed by atoms with van der Waals surface area (Å²) < 4.78 is 0. The zero-order valence-electron chi connectivity index (χ0n) is 12.6. The standard InChI is InChI=1S/C15H24N4O2/c1-18(2)9-13-7-14(20)10-19(13)8-11-4-3-5-12(6-11)15(21)17-16/h3-6,13-14,20H,7-10,16H2,1-2H3,(H,17,21). The number of hydrazine groups is 1. The summed E-state index contributed by atoms with van der Waals surface area (Å²) in [5, 5.41) is 9.90. The number of benzene rings is 1. The molecule has 1 aliphatic rings. The molecular formula is C15H24N4O2. The van der Waals surface area contributed by atoms with Gasteiger partial charge in [-0.15, -0.1) is 0 Å². The lowest BCUT2D eigenvalue weighted by atomic mass is 10.1. The molecule has 1 aromatic carbocycles. The van der Waals surface area contributed by atoms with Crippen LogP contribution >= 0.6 is 0 Å². The predicted octanol–water partition coefficient (Wildman–Crippen LogP) is -0.213. The maximum Gasteiger partial charge on any atom is 0.265 e. The molecule has 1 heterocycles. The van der Waals surface area contributed by atoms with Crippen molar-refractivity contribution in [1.82, 2.24) is 15.2 Å². The van der Waals surface area contributed by atoms with Crippen molar-refractivity contribution in [3.05, 3.63) is 35.4 Å². The van der Waals surface area contributed by atoms with Crippen LogP contribution in [0.2, 0.25) is 0 Å². The van der Waals surface area contributed by atoms with Crippen molar-refractivity contribution < 1.29 is 9.90 Å². The zero-order chi connectivity index (χ0) is 15.4. The van der Waals surface area contributed by atoms with E-state index in [1.54, 1.807) is 6.07 Å². The van der Waals surface area contributed by atoms with E-state index in [0.717, 1.165) is 25.1 Å². The number of aliphatic hydroxyl groups excluding tert-OH is 1. The second-order valence-corrected chi connectivity index (χ2v) is 5.91. The van der Waals surface area contributed by atoms with Gasteiger partial charge in [0.2, 0.25) is 0 Å². The first-order valence-electron chi connectivity index (χ1n) is 7.16. The van der Waals surface area contributed by atoms with Crippen molar-refractivity contribution in [2.24, 2.45) is 5.84 Å². The SMILES string of the molecule is CN(C)CC1CC(O)CN1Cc1cccc(C(=O)NN)c1. The minimum atomic E-state index is -0.289. The lowest BCUT2D eigenvalue weighted by Gasteiger charge is -2.26. The van der Waals surface area contributed by atoms with E-state index < -0.39 is 0 Å². The normalized spacial score (nSPS) is 22.7. The van der Waals surface area contributed by atoms with Crippen molar-refractivity contribution in [3.63, 3.8) is 0 Å². The van der Waals surface area contributed by atoms with E-state index in [9.17, 15) is 9.90 Å². The maximum absolute atomic E-state index is 11.6. The molecule has 2 atom stereocenters. The minimum absolute atomic E-state index is 0.273. The quantitative estimate of drug-likeness (QED) is 0.397. The average Bonchev–Trinajstić information content (AvgIpc) is 2.77. The van der Waals surface area contributed by atoms with E-state index in [1.165, 1.54) is 0 Å². The molecule has 0 radical (unpaired) electrons. The van der Waals surface area contributed by atoms with Crippen molar-refractivity contribution in [1.29, 1.82) is 0 Å². The summed E-state index contributed by atoms with van der Waals surface area (Å²) in [6.07, 6.45) is 0.520. The predicted molar refractivity (Wildman–Crippen MR) is 81.5 cm³/mol. The summed E-state index contributed by atoms with van der Waals surface area (Å²) >= 11 is 0. The number of nitrogen functional groups attached to an aromatic ring is 1. The fraction of sp³-hybridized carbons (Fsp3) is 0.533. The van der Waals surface area contributed by atoms with Crippen LogP contribution in [0.3, 0.4) is 0 Å². The maximum atomic E-state index is 11.6. The summed E-state index contributed by atoms with van der Waals surface area (Å²) in [4.78, 5) is 16.0. The number of hydrogen-bond acceptors (Lipinski definition) is 5. The van der Waals surface area contributed by atoms with E-state index in [4.69, 9.17) is 5.84 Å². The summed E-state index contributed by atoms with van der Waals surface area (Å²) in [6, 6.07) is 7.77. The third-order valence-electron chi connectivity index (χ3n) is 3.79. The average molecular weight is 292 g/mol. The summed E-state index contributed by atoms with van der Waals surface area (Å²) in [7, 11) is 4.07. The number of likely N-dealkylation sites (N-methyl/N-ethyl adjacent to an activating group) is 1.